The molecule has 164 valence electrons. The van der Waals surface area contributed by atoms with Crippen molar-refractivity contribution in [2.24, 2.45) is 10.9 Å². The van der Waals surface area contributed by atoms with Crippen LogP contribution < -0.4 is 16.0 Å². The molecule has 0 saturated heterocycles. The number of nitrogens with two attached hydrogens (primary N) is 1. The van der Waals surface area contributed by atoms with E-state index >= 15 is 0 Å². The standard InChI is InChI=1S/C24H31N5O2/c1-26-14-17-5-7-18(8-6-17)15-29(11-4-12-31-3)23-20-10-9-19(16-30)13-21(20)28-24(25)22(23)27-2/h5,7-10,13,16-17,26H,2,4,6,11-12,14-15H2,1,3H3,(H2,25,28). The van der Waals surface area contributed by atoms with E-state index in [1.807, 2.05) is 13.1 Å². The minimum absolute atomic E-state index is 0.305. The lowest BCUT2D eigenvalue weighted by atomic mass is 9.96. The first-order valence-corrected chi connectivity index (χ1v) is 10.5. The molecule has 0 aliphatic heterocycles. The predicted octanol–water partition coefficient (Wildman–Crippen LogP) is 3.53. The van der Waals surface area contributed by atoms with Crippen molar-refractivity contribution < 1.29 is 9.53 Å². The normalized spacial score (nSPS) is 15.7. The van der Waals surface area contributed by atoms with Crippen LogP contribution in [-0.2, 0) is 4.74 Å². The number of nitrogen functional groups attached to an aromatic ring is 1. The third kappa shape index (κ3) is 5.37. The Morgan fingerprint density at radius 1 is 1.45 bits per heavy atom. The zero-order valence-electron chi connectivity index (χ0n) is 18.3. The summed E-state index contributed by atoms with van der Waals surface area (Å²) in [4.78, 5) is 22.2. The highest BCUT2D eigenvalue weighted by Crippen LogP contribution is 2.40. The van der Waals surface area contributed by atoms with Gasteiger partial charge in [-0.3, -0.25) is 9.79 Å². The number of hydrogen-bond donors (Lipinski definition) is 2. The molecule has 0 saturated carbocycles. The summed E-state index contributed by atoms with van der Waals surface area (Å²) >= 11 is 0. The molecule has 0 spiro atoms. The fraction of sp³-hybridized carbons (Fsp3) is 0.375. The number of allylic oxidation sites excluding steroid dienone is 1. The first kappa shape index (κ1) is 22.7. The summed E-state index contributed by atoms with van der Waals surface area (Å²) in [6.07, 6.45) is 9.43. The number of aliphatic imine (C=N–C) groups is 1. The van der Waals surface area contributed by atoms with E-state index in [1.165, 1.54) is 5.57 Å². The van der Waals surface area contributed by atoms with Crippen molar-refractivity contribution in [3.8, 4) is 0 Å². The molecule has 1 aromatic carbocycles. The predicted molar refractivity (Wildman–Crippen MR) is 129 cm³/mol. The Balaban J connectivity index is 2.02. The minimum Gasteiger partial charge on any atom is -0.385 e. The number of rotatable bonds is 11. The van der Waals surface area contributed by atoms with Crippen molar-refractivity contribution in [2.45, 2.75) is 12.8 Å². The SMILES string of the molecule is C=Nc1c(N)nc2cc(C=O)ccc2c1N(CCCOC)CC1=CCC(CNC)C=C1. The topological polar surface area (TPSA) is 92.8 Å². The maximum absolute atomic E-state index is 11.3. The van der Waals surface area contributed by atoms with Crippen molar-refractivity contribution in [3.05, 3.63) is 47.6 Å². The highest BCUT2D eigenvalue weighted by atomic mass is 16.5. The van der Waals surface area contributed by atoms with Gasteiger partial charge in [0, 0.05) is 44.3 Å². The van der Waals surface area contributed by atoms with Gasteiger partial charge in [-0.1, -0.05) is 24.3 Å². The number of fused-ring (bicyclic) bond motifs is 1. The van der Waals surface area contributed by atoms with E-state index in [2.05, 4.69) is 45.1 Å². The number of benzene rings is 1. The van der Waals surface area contributed by atoms with Crippen molar-refractivity contribution in [1.82, 2.24) is 10.3 Å². The van der Waals surface area contributed by atoms with E-state index in [0.717, 1.165) is 43.3 Å². The number of nitrogens with one attached hydrogen (secondary N) is 1. The van der Waals surface area contributed by atoms with Crippen LogP contribution in [-0.4, -0.2) is 58.4 Å². The van der Waals surface area contributed by atoms with Crippen LogP contribution in [0, 0.1) is 5.92 Å². The van der Waals surface area contributed by atoms with Crippen molar-refractivity contribution >= 4 is 41.1 Å². The number of aldehydes is 1. The Labute approximate surface area is 183 Å². The minimum atomic E-state index is 0.305. The Hall–Kier alpha value is -3.03. The fourth-order valence-electron chi connectivity index (χ4n) is 3.95. The summed E-state index contributed by atoms with van der Waals surface area (Å²) in [6.45, 7) is 6.82. The van der Waals surface area contributed by atoms with Crippen LogP contribution in [0.1, 0.15) is 23.2 Å². The molecule has 7 heteroatoms. The van der Waals surface area contributed by atoms with Crippen molar-refractivity contribution in [2.75, 3.05) is 51.0 Å². The molecule has 1 heterocycles. The Kier molecular flexibility index (Phi) is 7.92. The molecule has 3 N–H and O–H groups in total. The van der Waals surface area contributed by atoms with Gasteiger partial charge >= 0.3 is 0 Å². The van der Waals surface area contributed by atoms with E-state index in [9.17, 15) is 4.79 Å². The number of hydrogen-bond acceptors (Lipinski definition) is 7. The third-order valence-electron chi connectivity index (χ3n) is 5.48. The van der Waals surface area contributed by atoms with Gasteiger partial charge in [0.15, 0.2) is 5.82 Å². The summed E-state index contributed by atoms with van der Waals surface area (Å²) < 4.78 is 5.28. The van der Waals surface area contributed by atoms with E-state index in [-0.39, 0.29) is 0 Å². The number of nitrogens with zero attached hydrogens (tertiary/aromatic N) is 3. The molecule has 0 bridgehead atoms. The van der Waals surface area contributed by atoms with E-state index in [0.29, 0.717) is 41.7 Å². The van der Waals surface area contributed by atoms with E-state index in [1.54, 1.807) is 19.2 Å². The van der Waals surface area contributed by atoms with Crippen molar-refractivity contribution in [1.29, 1.82) is 0 Å². The molecule has 7 nitrogen and oxygen atoms in total. The fourth-order valence-corrected chi connectivity index (χ4v) is 3.95. The molecule has 2 aromatic rings. The third-order valence-corrected chi connectivity index (χ3v) is 5.48. The van der Waals surface area contributed by atoms with Gasteiger partial charge in [0.25, 0.3) is 0 Å². The lowest BCUT2D eigenvalue weighted by molar-refractivity contribution is 0.112. The molecule has 0 fully saturated rings. The van der Waals surface area contributed by atoms with Gasteiger partial charge in [-0.2, -0.15) is 0 Å². The second-order valence-electron chi connectivity index (χ2n) is 7.71. The largest absolute Gasteiger partial charge is 0.385 e. The van der Waals surface area contributed by atoms with Gasteiger partial charge in [-0.25, -0.2) is 4.98 Å². The van der Waals surface area contributed by atoms with Crippen LogP contribution in [0.3, 0.4) is 0 Å². The number of carbonyl (C=O) groups excluding carboxylic acids is 1. The zero-order valence-corrected chi connectivity index (χ0v) is 18.3. The van der Waals surface area contributed by atoms with Gasteiger partial charge in [0.1, 0.15) is 12.0 Å². The van der Waals surface area contributed by atoms with Crippen LogP contribution in [0.25, 0.3) is 10.9 Å². The highest BCUT2D eigenvalue weighted by molar-refractivity contribution is 6.03. The monoisotopic (exact) mass is 421 g/mol. The lowest BCUT2D eigenvalue weighted by Gasteiger charge is -2.29. The van der Waals surface area contributed by atoms with Crippen LogP contribution in [0.5, 0.6) is 0 Å². The summed E-state index contributed by atoms with van der Waals surface area (Å²) in [6, 6.07) is 5.45. The molecular weight excluding hydrogens is 390 g/mol. The summed E-state index contributed by atoms with van der Waals surface area (Å²) in [5.74, 6) is 0.819. The van der Waals surface area contributed by atoms with Gasteiger partial charge in [-0.05, 0) is 50.2 Å². The van der Waals surface area contributed by atoms with Crippen molar-refractivity contribution in [3.63, 3.8) is 0 Å². The molecule has 1 atom stereocenters. The number of aromatic nitrogens is 1. The van der Waals surface area contributed by atoms with E-state index in [4.69, 9.17) is 10.5 Å². The molecule has 3 rings (SSSR count). The lowest BCUT2D eigenvalue weighted by Crippen LogP contribution is -2.29. The summed E-state index contributed by atoms with van der Waals surface area (Å²) in [7, 11) is 3.68. The molecular formula is C24H31N5O2. The molecule has 1 aliphatic carbocycles. The number of pyridine rings is 1. The second-order valence-corrected chi connectivity index (χ2v) is 7.71. The molecule has 0 amide bonds. The highest BCUT2D eigenvalue weighted by Gasteiger charge is 2.20. The maximum atomic E-state index is 11.3. The first-order chi connectivity index (χ1) is 15.1. The van der Waals surface area contributed by atoms with Gasteiger partial charge in [-0.15, -0.1) is 0 Å². The quantitative estimate of drug-likeness (QED) is 0.328. The number of carbonyl (C=O) groups is 1. The Bertz CT molecular complexity index is 999. The second kappa shape index (κ2) is 10.8. The first-order valence-electron chi connectivity index (χ1n) is 10.5. The van der Waals surface area contributed by atoms with Gasteiger partial charge in [0.05, 0.1) is 11.2 Å². The summed E-state index contributed by atoms with van der Waals surface area (Å²) in [5, 5.41) is 4.13. The van der Waals surface area contributed by atoms with Crippen LogP contribution in [0.2, 0.25) is 0 Å². The molecule has 1 unspecified atom stereocenters. The van der Waals surface area contributed by atoms with Crippen LogP contribution in [0.4, 0.5) is 17.2 Å². The summed E-state index contributed by atoms with van der Waals surface area (Å²) in [5.41, 5.74) is 10.2. The zero-order chi connectivity index (χ0) is 22.2. The smallest absolute Gasteiger partial charge is 0.152 e. The van der Waals surface area contributed by atoms with E-state index < -0.39 is 0 Å². The van der Waals surface area contributed by atoms with Crippen LogP contribution >= 0.6 is 0 Å². The van der Waals surface area contributed by atoms with Gasteiger partial charge in [0.2, 0.25) is 0 Å². The molecule has 1 aliphatic rings. The maximum Gasteiger partial charge on any atom is 0.152 e. The Morgan fingerprint density at radius 2 is 2.29 bits per heavy atom. The number of anilines is 2. The molecule has 0 radical (unpaired) electrons. The number of ether oxygens (including phenoxy) is 1. The molecule has 1 aromatic heterocycles. The number of methoxy groups -OCH3 is 1. The van der Waals surface area contributed by atoms with Gasteiger partial charge < -0.3 is 20.7 Å². The Morgan fingerprint density at radius 3 is 2.94 bits per heavy atom. The molecule has 31 heavy (non-hydrogen) atoms. The van der Waals surface area contributed by atoms with Crippen LogP contribution in [0.15, 0.2) is 47.0 Å². The average Bonchev–Trinajstić information content (AvgIpc) is 2.78. The average molecular weight is 422 g/mol.